The van der Waals surface area contributed by atoms with Crippen molar-refractivity contribution in [3.05, 3.63) is 53.1 Å². The average molecular weight is 365 g/mol. The summed E-state index contributed by atoms with van der Waals surface area (Å²) in [6, 6.07) is 11.6. The highest BCUT2D eigenvalue weighted by Gasteiger charge is 2.24. The van der Waals surface area contributed by atoms with Crippen LogP contribution in [0.3, 0.4) is 0 Å². The van der Waals surface area contributed by atoms with Gasteiger partial charge in [-0.05, 0) is 49.2 Å². The summed E-state index contributed by atoms with van der Waals surface area (Å²) in [4.78, 5) is 13.4. The van der Waals surface area contributed by atoms with E-state index in [9.17, 15) is 13.2 Å². The molecule has 1 aliphatic heterocycles. The number of hydrogen-bond acceptors (Lipinski definition) is 3. The van der Waals surface area contributed by atoms with Gasteiger partial charge in [0.1, 0.15) is 4.90 Å². The van der Waals surface area contributed by atoms with Crippen molar-refractivity contribution in [3.63, 3.8) is 0 Å². The van der Waals surface area contributed by atoms with Gasteiger partial charge in [-0.25, -0.2) is 8.42 Å². The molecule has 0 unspecified atom stereocenters. The van der Waals surface area contributed by atoms with E-state index in [1.807, 2.05) is 13.0 Å². The number of halogens is 1. The molecule has 7 heteroatoms. The third kappa shape index (κ3) is 3.39. The Morgan fingerprint density at radius 1 is 1.17 bits per heavy atom. The summed E-state index contributed by atoms with van der Waals surface area (Å²) in [6.45, 7) is 2.51. The minimum absolute atomic E-state index is 0.0129. The van der Waals surface area contributed by atoms with Gasteiger partial charge in [0.25, 0.3) is 10.0 Å². The van der Waals surface area contributed by atoms with Crippen molar-refractivity contribution < 1.29 is 13.2 Å². The van der Waals surface area contributed by atoms with Crippen LogP contribution in [0.1, 0.15) is 18.4 Å². The van der Waals surface area contributed by atoms with Gasteiger partial charge in [0.05, 0.1) is 5.02 Å². The summed E-state index contributed by atoms with van der Waals surface area (Å²) in [5.74, 6) is 0.0274. The van der Waals surface area contributed by atoms with Crippen molar-refractivity contribution >= 4 is 38.9 Å². The molecule has 3 rings (SSSR count). The molecular formula is C17H17ClN2O3S. The Labute approximate surface area is 146 Å². The smallest absolute Gasteiger partial charge is 0.263 e. The second kappa shape index (κ2) is 6.45. The fraction of sp³-hybridized carbons (Fsp3) is 0.235. The first-order valence-corrected chi connectivity index (χ1v) is 9.42. The van der Waals surface area contributed by atoms with Crippen LogP contribution < -0.4 is 9.62 Å². The molecule has 1 heterocycles. The van der Waals surface area contributed by atoms with Gasteiger partial charge in [0, 0.05) is 24.3 Å². The van der Waals surface area contributed by atoms with Crippen LogP contribution >= 0.6 is 11.6 Å². The first kappa shape index (κ1) is 16.8. The van der Waals surface area contributed by atoms with E-state index in [0.717, 1.165) is 12.0 Å². The van der Waals surface area contributed by atoms with E-state index in [1.165, 1.54) is 12.1 Å². The summed E-state index contributed by atoms with van der Waals surface area (Å²) in [5.41, 5.74) is 2.05. The van der Waals surface area contributed by atoms with Gasteiger partial charge in [0.2, 0.25) is 5.91 Å². The van der Waals surface area contributed by atoms with Crippen LogP contribution in [-0.2, 0) is 14.8 Å². The van der Waals surface area contributed by atoms with Crippen LogP contribution in [0.4, 0.5) is 11.4 Å². The number of carbonyl (C=O) groups is 1. The summed E-state index contributed by atoms with van der Waals surface area (Å²) < 4.78 is 27.6. The molecule has 1 saturated heterocycles. The van der Waals surface area contributed by atoms with Crippen LogP contribution in [0.2, 0.25) is 5.02 Å². The Kier molecular flexibility index (Phi) is 4.51. The number of amides is 1. The van der Waals surface area contributed by atoms with Crippen LogP contribution in [0.25, 0.3) is 0 Å². The highest BCUT2D eigenvalue weighted by Crippen LogP contribution is 2.30. The summed E-state index contributed by atoms with van der Waals surface area (Å²) in [7, 11) is -3.80. The number of rotatable bonds is 4. The van der Waals surface area contributed by atoms with Gasteiger partial charge in [-0.15, -0.1) is 0 Å². The second-order valence-corrected chi connectivity index (χ2v) is 7.80. The molecule has 2 aromatic rings. The van der Waals surface area contributed by atoms with Crippen molar-refractivity contribution in [2.45, 2.75) is 24.7 Å². The van der Waals surface area contributed by atoms with Crippen molar-refractivity contribution in [2.75, 3.05) is 16.2 Å². The Morgan fingerprint density at radius 2 is 1.96 bits per heavy atom. The number of benzene rings is 2. The first-order chi connectivity index (χ1) is 11.4. The third-order valence-electron chi connectivity index (χ3n) is 3.86. The lowest BCUT2D eigenvalue weighted by atomic mass is 10.2. The van der Waals surface area contributed by atoms with Gasteiger partial charge in [-0.1, -0.05) is 23.7 Å². The zero-order valence-corrected chi connectivity index (χ0v) is 14.7. The molecule has 1 amide bonds. The topological polar surface area (TPSA) is 66.5 Å². The second-order valence-electron chi connectivity index (χ2n) is 5.74. The van der Waals surface area contributed by atoms with Crippen molar-refractivity contribution in [1.82, 2.24) is 0 Å². The SMILES string of the molecule is Cc1cccc(NS(=O)(=O)c2ccc(N3CCCC3=O)cc2Cl)c1. The first-order valence-electron chi connectivity index (χ1n) is 7.56. The molecule has 0 aliphatic carbocycles. The van der Waals surface area contributed by atoms with E-state index in [0.29, 0.717) is 24.3 Å². The molecule has 1 fully saturated rings. The Bertz CT molecular complexity index is 896. The molecule has 0 atom stereocenters. The standard InChI is InChI=1S/C17H17ClN2O3S/c1-12-4-2-5-13(10-12)19-24(22,23)16-8-7-14(11-15(16)18)20-9-3-6-17(20)21/h2,4-5,7-8,10-11,19H,3,6,9H2,1H3. The van der Waals surface area contributed by atoms with Gasteiger partial charge in [0.15, 0.2) is 0 Å². The zero-order valence-electron chi connectivity index (χ0n) is 13.1. The quantitative estimate of drug-likeness (QED) is 0.901. The lowest BCUT2D eigenvalue weighted by molar-refractivity contribution is -0.117. The summed E-state index contributed by atoms with van der Waals surface area (Å²) >= 11 is 6.18. The fourth-order valence-electron chi connectivity index (χ4n) is 2.72. The third-order valence-corrected chi connectivity index (χ3v) is 5.72. The van der Waals surface area contributed by atoms with Gasteiger partial charge < -0.3 is 4.90 Å². The highest BCUT2D eigenvalue weighted by molar-refractivity contribution is 7.92. The van der Waals surface area contributed by atoms with Gasteiger partial charge in [-0.3, -0.25) is 9.52 Å². The molecule has 0 aromatic heterocycles. The van der Waals surface area contributed by atoms with Crippen molar-refractivity contribution in [2.24, 2.45) is 0 Å². The highest BCUT2D eigenvalue weighted by atomic mass is 35.5. The van der Waals surface area contributed by atoms with Crippen LogP contribution in [-0.4, -0.2) is 20.9 Å². The summed E-state index contributed by atoms with van der Waals surface area (Å²) in [6.07, 6.45) is 1.30. The van der Waals surface area contributed by atoms with Crippen LogP contribution in [0, 0.1) is 6.92 Å². The Morgan fingerprint density at radius 3 is 2.58 bits per heavy atom. The number of nitrogens with one attached hydrogen (secondary N) is 1. The van der Waals surface area contributed by atoms with Crippen molar-refractivity contribution in [3.8, 4) is 0 Å². The molecular weight excluding hydrogens is 348 g/mol. The van der Waals surface area contributed by atoms with Gasteiger partial charge >= 0.3 is 0 Å². The molecule has 0 saturated carbocycles. The number of carbonyl (C=O) groups excluding carboxylic acids is 1. The molecule has 0 bridgehead atoms. The number of sulfonamides is 1. The molecule has 24 heavy (non-hydrogen) atoms. The monoisotopic (exact) mass is 364 g/mol. The normalized spacial score (nSPS) is 14.9. The maximum atomic E-state index is 12.6. The minimum Gasteiger partial charge on any atom is -0.312 e. The largest absolute Gasteiger partial charge is 0.312 e. The predicted molar refractivity (Wildman–Crippen MR) is 95.0 cm³/mol. The fourth-order valence-corrected chi connectivity index (χ4v) is 4.30. The van der Waals surface area contributed by atoms with E-state index >= 15 is 0 Å². The maximum Gasteiger partial charge on any atom is 0.263 e. The predicted octanol–water partition coefficient (Wildman–Crippen LogP) is 3.58. The van der Waals surface area contributed by atoms with Crippen molar-refractivity contribution in [1.29, 1.82) is 0 Å². The zero-order chi connectivity index (χ0) is 17.3. The minimum atomic E-state index is -3.80. The number of nitrogens with zero attached hydrogens (tertiary/aromatic N) is 1. The number of hydrogen-bond donors (Lipinski definition) is 1. The number of aryl methyl sites for hydroxylation is 1. The molecule has 126 valence electrons. The van der Waals surface area contributed by atoms with Gasteiger partial charge in [-0.2, -0.15) is 0 Å². The molecule has 5 nitrogen and oxygen atoms in total. The number of anilines is 2. The maximum absolute atomic E-state index is 12.6. The Balaban J connectivity index is 1.89. The summed E-state index contributed by atoms with van der Waals surface area (Å²) in [5, 5.41) is 0.0901. The van der Waals surface area contributed by atoms with E-state index < -0.39 is 10.0 Å². The Hall–Kier alpha value is -2.05. The lowest BCUT2D eigenvalue weighted by Crippen LogP contribution is -2.23. The molecule has 1 N–H and O–H groups in total. The molecule has 0 spiro atoms. The van der Waals surface area contributed by atoms with E-state index in [2.05, 4.69) is 4.72 Å². The van der Waals surface area contributed by atoms with E-state index in [4.69, 9.17) is 11.6 Å². The molecule has 0 radical (unpaired) electrons. The van der Waals surface area contributed by atoms with E-state index in [-0.39, 0.29) is 15.8 Å². The molecule has 2 aromatic carbocycles. The van der Waals surface area contributed by atoms with Crippen LogP contribution in [0.5, 0.6) is 0 Å². The average Bonchev–Trinajstić information content (AvgIpc) is 2.92. The van der Waals surface area contributed by atoms with E-state index in [1.54, 1.807) is 29.2 Å². The van der Waals surface area contributed by atoms with Crippen LogP contribution in [0.15, 0.2) is 47.4 Å². The molecule has 1 aliphatic rings. The lowest BCUT2D eigenvalue weighted by Gasteiger charge is -2.17.